The fourth-order valence-corrected chi connectivity index (χ4v) is 4.96. The first-order chi connectivity index (χ1) is 12.9. The van der Waals surface area contributed by atoms with Crippen LogP contribution in [0.25, 0.3) is 10.2 Å². The van der Waals surface area contributed by atoms with Gasteiger partial charge in [0.15, 0.2) is 4.83 Å². The predicted molar refractivity (Wildman–Crippen MR) is 108 cm³/mol. The summed E-state index contributed by atoms with van der Waals surface area (Å²) >= 11 is 7.63. The van der Waals surface area contributed by atoms with Crippen LogP contribution in [0.3, 0.4) is 0 Å². The largest absolute Gasteiger partial charge is 0.324 e. The number of thiophene rings is 1. The number of hydrogen-bond acceptors (Lipinski definition) is 5. The highest BCUT2D eigenvalue weighted by Gasteiger charge is 2.24. The molecule has 27 heavy (non-hydrogen) atoms. The Labute approximate surface area is 165 Å². The summed E-state index contributed by atoms with van der Waals surface area (Å²) in [6, 6.07) is 5.30. The van der Waals surface area contributed by atoms with E-state index in [-0.39, 0.29) is 18.0 Å². The van der Waals surface area contributed by atoms with E-state index in [1.807, 2.05) is 6.92 Å². The second kappa shape index (κ2) is 7.05. The molecule has 6 nitrogen and oxygen atoms in total. The quantitative estimate of drug-likeness (QED) is 0.726. The van der Waals surface area contributed by atoms with E-state index in [9.17, 15) is 9.59 Å². The van der Waals surface area contributed by atoms with E-state index in [0.717, 1.165) is 35.1 Å². The average molecular weight is 403 g/mol. The molecule has 1 atom stereocenters. The highest BCUT2D eigenvalue weighted by atomic mass is 35.5. The zero-order valence-corrected chi connectivity index (χ0v) is 16.7. The Kier molecular flexibility index (Phi) is 4.74. The van der Waals surface area contributed by atoms with Gasteiger partial charge in [-0.3, -0.25) is 9.59 Å². The van der Waals surface area contributed by atoms with Gasteiger partial charge in [-0.1, -0.05) is 29.8 Å². The number of anilines is 1. The number of aryl methyl sites for hydroxylation is 1. The van der Waals surface area contributed by atoms with Crippen LogP contribution in [0.2, 0.25) is 5.02 Å². The number of carbonyl (C=O) groups is 1. The number of fused-ring (bicyclic) bond motifs is 3. The van der Waals surface area contributed by atoms with Crippen LogP contribution in [-0.2, 0) is 24.2 Å². The number of halogens is 1. The molecular weight excluding hydrogens is 384 g/mol. The maximum Gasteiger partial charge on any atom is 0.279 e. The first-order valence-corrected chi connectivity index (χ1v) is 10.1. The van der Waals surface area contributed by atoms with Gasteiger partial charge in [-0.25, -0.2) is 4.68 Å². The van der Waals surface area contributed by atoms with E-state index < -0.39 is 0 Å². The van der Waals surface area contributed by atoms with Gasteiger partial charge in [0.2, 0.25) is 5.91 Å². The van der Waals surface area contributed by atoms with Gasteiger partial charge in [-0.05, 0) is 55.4 Å². The standard InChI is InChI=1S/C19H19ClN4O2S/c1-10-6-7-12-15(8-10)27-18-17(12)19(26)24(23-22-18)9-16(25)21-14-5-3-4-13(20)11(14)2/h3-5,10H,6-9H2,1-2H3,(H,21,25)/t10-/m1/s1. The molecule has 0 fully saturated rings. The second-order valence-electron chi connectivity index (χ2n) is 7.04. The van der Waals surface area contributed by atoms with Crippen molar-refractivity contribution >= 4 is 44.7 Å². The number of rotatable bonds is 3. The van der Waals surface area contributed by atoms with Crippen molar-refractivity contribution < 1.29 is 4.79 Å². The molecule has 8 heteroatoms. The molecule has 0 spiro atoms. The van der Waals surface area contributed by atoms with Gasteiger partial charge in [0, 0.05) is 15.6 Å². The lowest BCUT2D eigenvalue weighted by molar-refractivity contribution is -0.117. The first-order valence-electron chi connectivity index (χ1n) is 8.87. The number of carbonyl (C=O) groups excluding carboxylic acids is 1. The molecule has 0 saturated heterocycles. The molecule has 1 aromatic carbocycles. The third kappa shape index (κ3) is 3.37. The van der Waals surface area contributed by atoms with Gasteiger partial charge < -0.3 is 5.32 Å². The molecule has 0 aliphatic heterocycles. The van der Waals surface area contributed by atoms with Gasteiger partial charge in [0.25, 0.3) is 5.56 Å². The Morgan fingerprint density at radius 3 is 3.07 bits per heavy atom. The van der Waals surface area contributed by atoms with Crippen molar-refractivity contribution in [3.63, 3.8) is 0 Å². The minimum absolute atomic E-state index is 0.186. The number of benzene rings is 1. The molecule has 1 aliphatic rings. The Hall–Kier alpha value is -2.25. The van der Waals surface area contributed by atoms with E-state index in [1.54, 1.807) is 29.5 Å². The van der Waals surface area contributed by atoms with Crippen molar-refractivity contribution in [1.29, 1.82) is 0 Å². The van der Waals surface area contributed by atoms with Crippen LogP contribution in [0.4, 0.5) is 5.69 Å². The van der Waals surface area contributed by atoms with Crippen molar-refractivity contribution in [2.45, 2.75) is 39.7 Å². The summed E-state index contributed by atoms with van der Waals surface area (Å²) in [4.78, 5) is 27.2. The van der Waals surface area contributed by atoms with Crippen LogP contribution in [0.5, 0.6) is 0 Å². The van der Waals surface area contributed by atoms with Gasteiger partial charge in [-0.15, -0.1) is 16.4 Å². The Bertz CT molecular complexity index is 1110. The molecule has 0 unspecified atom stereocenters. The molecule has 1 aliphatic carbocycles. The Balaban J connectivity index is 1.62. The molecule has 4 rings (SSSR count). The third-order valence-corrected chi connectivity index (χ3v) is 6.57. The molecule has 1 N–H and O–H groups in total. The van der Waals surface area contributed by atoms with Gasteiger partial charge >= 0.3 is 0 Å². The van der Waals surface area contributed by atoms with Crippen LogP contribution in [0.1, 0.15) is 29.3 Å². The summed E-state index contributed by atoms with van der Waals surface area (Å²) in [5.74, 6) is 0.279. The summed E-state index contributed by atoms with van der Waals surface area (Å²) in [7, 11) is 0. The molecule has 0 bridgehead atoms. The van der Waals surface area contributed by atoms with Crippen LogP contribution in [-0.4, -0.2) is 20.9 Å². The summed E-state index contributed by atoms with van der Waals surface area (Å²) < 4.78 is 1.14. The molecule has 0 radical (unpaired) electrons. The normalized spacial score (nSPS) is 16.3. The maximum atomic E-state index is 12.9. The summed E-state index contributed by atoms with van der Waals surface area (Å²) in [6.07, 6.45) is 2.92. The van der Waals surface area contributed by atoms with Crippen LogP contribution >= 0.6 is 22.9 Å². The molecule has 140 valence electrons. The number of hydrogen-bond donors (Lipinski definition) is 1. The lowest BCUT2D eigenvalue weighted by atomic mass is 9.89. The van der Waals surface area contributed by atoms with Crippen molar-refractivity contribution in [2.24, 2.45) is 5.92 Å². The minimum Gasteiger partial charge on any atom is -0.324 e. The molecule has 2 heterocycles. The van der Waals surface area contributed by atoms with Crippen LogP contribution < -0.4 is 10.9 Å². The Morgan fingerprint density at radius 1 is 1.44 bits per heavy atom. The minimum atomic E-state index is -0.339. The molecule has 3 aromatic rings. The summed E-state index contributed by atoms with van der Waals surface area (Å²) in [5, 5.41) is 12.2. The highest BCUT2D eigenvalue weighted by molar-refractivity contribution is 7.18. The number of aromatic nitrogens is 3. The predicted octanol–water partition coefficient (Wildman–Crippen LogP) is 3.58. The Morgan fingerprint density at radius 2 is 2.26 bits per heavy atom. The average Bonchev–Trinajstić information content (AvgIpc) is 2.99. The monoisotopic (exact) mass is 402 g/mol. The zero-order valence-electron chi connectivity index (χ0n) is 15.1. The molecule has 1 amide bonds. The van der Waals surface area contributed by atoms with Crippen molar-refractivity contribution in [3.05, 3.63) is 49.6 Å². The SMILES string of the molecule is Cc1c(Cl)cccc1NC(=O)Cn1nnc2sc3c(c2c1=O)CC[C@@H](C)C3. The molecule has 0 saturated carbocycles. The number of amides is 1. The molecule has 2 aromatic heterocycles. The topological polar surface area (TPSA) is 76.9 Å². The van der Waals surface area contributed by atoms with E-state index in [1.165, 1.54) is 4.88 Å². The van der Waals surface area contributed by atoms with E-state index in [4.69, 9.17) is 11.6 Å². The summed E-state index contributed by atoms with van der Waals surface area (Å²) in [6.45, 7) is 3.86. The van der Waals surface area contributed by atoms with Crippen molar-refractivity contribution in [3.8, 4) is 0 Å². The van der Waals surface area contributed by atoms with Crippen molar-refractivity contribution in [1.82, 2.24) is 15.0 Å². The highest BCUT2D eigenvalue weighted by Crippen LogP contribution is 2.35. The van der Waals surface area contributed by atoms with Gasteiger partial charge in [0.1, 0.15) is 6.54 Å². The summed E-state index contributed by atoms with van der Waals surface area (Å²) in [5.41, 5.74) is 2.25. The van der Waals surface area contributed by atoms with Crippen molar-refractivity contribution in [2.75, 3.05) is 5.32 Å². The number of nitrogens with one attached hydrogen (secondary N) is 1. The molecular formula is C19H19ClN4O2S. The number of nitrogens with zero attached hydrogens (tertiary/aromatic N) is 3. The zero-order chi connectivity index (χ0) is 19.1. The van der Waals surface area contributed by atoms with Gasteiger partial charge in [-0.2, -0.15) is 0 Å². The van der Waals surface area contributed by atoms with Crippen LogP contribution in [0.15, 0.2) is 23.0 Å². The van der Waals surface area contributed by atoms with E-state index in [0.29, 0.717) is 26.8 Å². The maximum absolute atomic E-state index is 12.9. The lowest BCUT2D eigenvalue weighted by Gasteiger charge is -2.17. The van der Waals surface area contributed by atoms with Crippen LogP contribution in [0, 0.1) is 12.8 Å². The van der Waals surface area contributed by atoms with Gasteiger partial charge in [0.05, 0.1) is 5.39 Å². The fourth-order valence-electron chi connectivity index (χ4n) is 3.46. The second-order valence-corrected chi connectivity index (χ2v) is 8.54. The first kappa shape index (κ1) is 18.1. The third-order valence-electron chi connectivity index (χ3n) is 5.02. The fraction of sp³-hybridized carbons (Fsp3) is 0.368. The van der Waals surface area contributed by atoms with E-state index in [2.05, 4.69) is 22.6 Å². The lowest BCUT2D eigenvalue weighted by Crippen LogP contribution is -2.30. The smallest absolute Gasteiger partial charge is 0.279 e. The van der Waals surface area contributed by atoms with E-state index >= 15 is 0 Å².